The Balaban J connectivity index is 0.958. The summed E-state index contributed by atoms with van der Waals surface area (Å²) in [7, 11) is 0. The minimum Gasteiger partial charge on any atom is -0.460 e. The summed E-state index contributed by atoms with van der Waals surface area (Å²) in [4.78, 5) is 25.4. The van der Waals surface area contributed by atoms with E-state index >= 15 is 0 Å². The van der Waals surface area contributed by atoms with Gasteiger partial charge in [0.1, 0.15) is 98.7 Å². The van der Waals surface area contributed by atoms with Crippen molar-refractivity contribution >= 4 is 11.9 Å². The van der Waals surface area contributed by atoms with E-state index in [2.05, 4.69) is 0 Å². The highest BCUT2D eigenvalue weighted by atomic mass is 16.7. The lowest BCUT2D eigenvalue weighted by Crippen LogP contribution is -2.65. The van der Waals surface area contributed by atoms with Crippen molar-refractivity contribution in [2.75, 3.05) is 19.8 Å². The molecule has 4 saturated heterocycles. The maximum atomic E-state index is 12.7. The van der Waals surface area contributed by atoms with Crippen LogP contribution in [0.4, 0.5) is 0 Å². The summed E-state index contributed by atoms with van der Waals surface area (Å²) in [6.45, 7) is -2.05. The molecule has 8 aliphatic rings. The molecule has 28 heteroatoms. The van der Waals surface area contributed by atoms with Gasteiger partial charge in [0.05, 0.1) is 61.4 Å². The molecule has 4 aliphatic heterocycles. The van der Waals surface area contributed by atoms with E-state index in [1.165, 1.54) is 12.2 Å². The molecule has 79 heavy (non-hydrogen) atoms. The molecule has 8 rings (SSSR count). The summed E-state index contributed by atoms with van der Waals surface area (Å²) in [5, 5.41) is 182. The number of ether oxygens (including phenoxy) is 9. The van der Waals surface area contributed by atoms with Crippen molar-refractivity contribution in [3.63, 3.8) is 0 Å². The Morgan fingerprint density at radius 2 is 0.899 bits per heavy atom. The molecular weight excluding hydrogens is 1060 g/mol. The van der Waals surface area contributed by atoms with E-state index in [-0.39, 0.29) is 56.8 Å². The molecule has 4 saturated carbocycles. The van der Waals surface area contributed by atoms with Crippen LogP contribution in [0.15, 0.2) is 24.3 Å². The van der Waals surface area contributed by atoms with Gasteiger partial charge in [-0.2, -0.15) is 0 Å². The first-order chi connectivity index (χ1) is 37.5. The third-order valence-corrected chi connectivity index (χ3v) is 17.1. The standard InChI is InChI=1S/C51H80O28/c52-16-33-39(62)42(65)45(68)51(77-33)76-32-15-23-29(13-22(53)14-30(23)74-49-46(69)43(66)40(63)34(78-49)17-71-36(59)7-3-19-1-5-24(54)26(56)9-19)73-48(32)21-11-28(58)38(61)31(12-21)75-50-47(70)44(67)41(64)35(79-50)18-72-37(60)8-4-20-2-6-25(55)27(57)10-20/h3-4,7-8,19-35,38-58,61-70H,1-2,5-6,9-18H2/p+1/t19?,20?,21?,22?,23?,24?,25?,26?,27?,28?,29?,30?,31?,32?,33-,34-,35-,38?,39-,40-,41-,42-,43+,44+,45+,46-,47-,48?,49+,50-,51-/m0/s1. The molecule has 16 unspecified atom stereocenters. The van der Waals surface area contributed by atoms with Crippen LogP contribution in [0.25, 0.3) is 0 Å². The molecule has 0 radical (unpaired) electrons. The molecule has 4 heterocycles. The number of aliphatic hydroxyl groups excluding tert-OH is 17. The van der Waals surface area contributed by atoms with Crippen LogP contribution >= 0.6 is 0 Å². The highest BCUT2D eigenvalue weighted by Crippen LogP contribution is 2.45. The van der Waals surface area contributed by atoms with Crippen LogP contribution < -0.4 is 0 Å². The van der Waals surface area contributed by atoms with Gasteiger partial charge in [0.2, 0.25) is 0 Å². The largest absolute Gasteiger partial charge is 0.460 e. The second-order valence-corrected chi connectivity index (χ2v) is 22.7. The fourth-order valence-electron chi connectivity index (χ4n) is 12.4. The van der Waals surface area contributed by atoms with Crippen molar-refractivity contribution in [3.05, 3.63) is 24.3 Å². The fourth-order valence-corrected chi connectivity index (χ4v) is 12.4. The molecule has 18 N–H and O–H groups in total. The van der Waals surface area contributed by atoms with Crippen LogP contribution in [0, 0.1) is 23.7 Å². The van der Waals surface area contributed by atoms with Crippen molar-refractivity contribution < 1.29 is 139 Å². The monoisotopic (exact) mass is 1140 g/mol. The number of fused-ring (bicyclic) bond motifs is 1. The summed E-state index contributed by atoms with van der Waals surface area (Å²) in [5.74, 6) is -3.71. The van der Waals surface area contributed by atoms with Gasteiger partial charge in [0.25, 0.3) is 0 Å². The van der Waals surface area contributed by atoms with Gasteiger partial charge < -0.3 is 129 Å². The Hall–Kier alpha value is -2.54. The lowest BCUT2D eigenvalue weighted by atomic mass is 9.72. The average molecular weight is 1140 g/mol. The molecule has 31 atom stereocenters. The molecule has 0 aromatic rings. The molecule has 28 nitrogen and oxygen atoms in total. The second kappa shape index (κ2) is 27.4. The number of esters is 2. The van der Waals surface area contributed by atoms with Gasteiger partial charge in [-0.25, -0.2) is 9.59 Å². The van der Waals surface area contributed by atoms with Crippen LogP contribution in [0.3, 0.4) is 0 Å². The van der Waals surface area contributed by atoms with Crippen molar-refractivity contribution in [1.29, 1.82) is 0 Å². The maximum Gasteiger partial charge on any atom is 0.330 e. The number of hydrogen-bond acceptors (Lipinski definition) is 27. The summed E-state index contributed by atoms with van der Waals surface area (Å²) in [6, 6.07) is 0. The third-order valence-electron chi connectivity index (χ3n) is 17.1. The van der Waals surface area contributed by atoms with Crippen LogP contribution in [-0.2, 0) is 47.5 Å². The molecule has 0 bridgehead atoms. The van der Waals surface area contributed by atoms with Gasteiger partial charge in [-0.15, -0.1) is 0 Å². The number of carbonyl (C=O) groups is 2. The first-order valence-electron chi connectivity index (χ1n) is 27.3. The zero-order valence-corrected chi connectivity index (χ0v) is 43.2. The topological polar surface area (TPSA) is 465 Å². The minimum absolute atomic E-state index is 0.0332. The van der Waals surface area contributed by atoms with Gasteiger partial charge >= 0.3 is 11.9 Å². The SMILES string of the molecule is O=C(C=CC1CCC(O)C(O)C1)OC[C@@H]1O[C@@H](OC2CC(O)CC3[OH+]C(C4CC(O)C(O)C(O[C@H]5O[C@@H](COC(=O)C=CC6CCC(O)C(O)C6)[C@H](O)[C@@H](O)[C@@H]5O)C4)C(O[C@H]4O[C@@H](CO)[C@H](O)[C@H](O)[C@H]4O)CC23)[C@@H](O)[C@H](O)[C@H]1O. The Labute approximate surface area is 453 Å². The Kier molecular flexibility index (Phi) is 21.7. The smallest absolute Gasteiger partial charge is 0.330 e. The summed E-state index contributed by atoms with van der Waals surface area (Å²) < 4.78 is 51.9. The predicted molar refractivity (Wildman–Crippen MR) is 259 cm³/mol. The van der Waals surface area contributed by atoms with Crippen LogP contribution in [0.1, 0.15) is 70.6 Å². The van der Waals surface area contributed by atoms with E-state index < -0.39 is 209 Å². The predicted octanol–water partition coefficient (Wildman–Crippen LogP) is -7.63. The third kappa shape index (κ3) is 14.9. The molecule has 8 fully saturated rings. The van der Waals surface area contributed by atoms with Crippen molar-refractivity contribution in [2.45, 2.75) is 236 Å². The van der Waals surface area contributed by atoms with Crippen LogP contribution in [-0.4, -0.2) is 289 Å². The first kappa shape index (κ1) is 62.5. The second-order valence-electron chi connectivity index (χ2n) is 22.7. The normalized spacial score (nSPS) is 50.0. The summed E-state index contributed by atoms with van der Waals surface area (Å²) >= 11 is 0. The van der Waals surface area contributed by atoms with Crippen molar-refractivity contribution in [1.82, 2.24) is 0 Å². The number of carbonyl (C=O) groups excluding carboxylic acids is 2. The van der Waals surface area contributed by atoms with Gasteiger partial charge in [0.15, 0.2) is 31.1 Å². The van der Waals surface area contributed by atoms with E-state index in [9.17, 15) is 96.4 Å². The number of allylic oxidation sites excluding steroid dienone is 2. The Morgan fingerprint density at radius 3 is 1.38 bits per heavy atom. The summed E-state index contributed by atoms with van der Waals surface area (Å²) in [6.07, 6.45) is -32.7. The van der Waals surface area contributed by atoms with Crippen molar-refractivity contribution in [3.8, 4) is 0 Å². The van der Waals surface area contributed by atoms with E-state index in [1.807, 2.05) is 0 Å². The van der Waals surface area contributed by atoms with E-state index in [4.69, 9.17) is 42.6 Å². The fraction of sp³-hybridized carbons (Fsp3) is 0.882. The van der Waals surface area contributed by atoms with Crippen LogP contribution in [0.2, 0.25) is 0 Å². The number of aliphatic hydroxyl groups is 19. The zero-order valence-electron chi connectivity index (χ0n) is 43.2. The van der Waals surface area contributed by atoms with E-state index in [0.717, 1.165) is 12.2 Å². The molecule has 0 spiro atoms. The highest BCUT2D eigenvalue weighted by molar-refractivity contribution is 5.82. The highest BCUT2D eigenvalue weighted by Gasteiger charge is 2.58. The summed E-state index contributed by atoms with van der Waals surface area (Å²) in [5.41, 5.74) is 0. The molecule has 0 aromatic carbocycles. The van der Waals surface area contributed by atoms with E-state index in [1.54, 1.807) is 0 Å². The van der Waals surface area contributed by atoms with E-state index in [0.29, 0.717) is 25.7 Å². The van der Waals surface area contributed by atoms with Gasteiger partial charge in [-0.3, -0.25) is 0 Å². The molecular formula is C51H81O28+. The van der Waals surface area contributed by atoms with Gasteiger partial charge in [-0.05, 0) is 69.6 Å². The molecule has 4 aliphatic carbocycles. The Bertz CT molecular complexity index is 2020. The van der Waals surface area contributed by atoms with Crippen LogP contribution in [0.5, 0.6) is 0 Å². The number of rotatable bonds is 16. The quantitative estimate of drug-likeness (QED) is 0.0388. The van der Waals surface area contributed by atoms with Gasteiger partial charge in [0, 0.05) is 30.9 Å². The zero-order chi connectivity index (χ0) is 57.1. The van der Waals surface area contributed by atoms with Crippen molar-refractivity contribution in [2.24, 2.45) is 23.7 Å². The molecule has 0 amide bonds. The molecule has 0 aromatic heterocycles. The first-order valence-corrected chi connectivity index (χ1v) is 27.3. The number of hydrogen-bond donors (Lipinski definition) is 17. The molecule has 452 valence electrons. The Morgan fingerprint density at radius 1 is 0.443 bits per heavy atom. The maximum absolute atomic E-state index is 12.7. The minimum atomic E-state index is -1.94. The lowest BCUT2D eigenvalue weighted by Gasteiger charge is -2.50. The average Bonchev–Trinajstić information content (AvgIpc) is 3.54. The van der Waals surface area contributed by atoms with Gasteiger partial charge in [-0.1, -0.05) is 12.2 Å². The lowest BCUT2D eigenvalue weighted by molar-refractivity contribution is -0.370.